The molecule has 1 heterocycles. The molecule has 4 rings (SSSR count). The SMILES string of the molecule is Cc1ccc(C)c(OCCN2C(=O)S/C(=C\c3cccc(OC(=O)c4ccc([N+](=O)[O-])cc4)c3)C2=O)c1. The van der Waals surface area contributed by atoms with Crippen molar-refractivity contribution in [2.75, 3.05) is 13.2 Å². The molecule has 1 fully saturated rings. The number of hydrogen-bond donors (Lipinski definition) is 0. The second-order valence-corrected chi connectivity index (χ2v) is 9.21. The summed E-state index contributed by atoms with van der Waals surface area (Å²) in [6, 6.07) is 17.4. The zero-order chi connectivity index (χ0) is 26.5. The second-order valence-electron chi connectivity index (χ2n) is 8.22. The van der Waals surface area contributed by atoms with Gasteiger partial charge in [-0.25, -0.2) is 4.79 Å². The van der Waals surface area contributed by atoms with E-state index in [1.165, 1.54) is 24.3 Å². The Morgan fingerprint density at radius 1 is 1.05 bits per heavy atom. The molecule has 188 valence electrons. The third-order valence-corrected chi connectivity index (χ3v) is 6.38. The highest BCUT2D eigenvalue weighted by atomic mass is 32.2. The summed E-state index contributed by atoms with van der Waals surface area (Å²) in [6.07, 6.45) is 1.56. The van der Waals surface area contributed by atoms with Gasteiger partial charge in [-0.2, -0.15) is 0 Å². The topological polar surface area (TPSA) is 116 Å². The third kappa shape index (κ3) is 6.22. The van der Waals surface area contributed by atoms with E-state index in [-0.39, 0.29) is 40.3 Å². The summed E-state index contributed by atoms with van der Waals surface area (Å²) in [5.74, 6) is -0.176. The number of non-ortho nitro benzene ring substituents is 1. The highest BCUT2D eigenvalue weighted by Gasteiger charge is 2.34. The average Bonchev–Trinajstić information content (AvgIpc) is 3.13. The van der Waals surface area contributed by atoms with Crippen molar-refractivity contribution in [3.05, 3.63) is 104 Å². The fourth-order valence-corrected chi connectivity index (χ4v) is 4.37. The zero-order valence-corrected chi connectivity index (χ0v) is 20.8. The van der Waals surface area contributed by atoms with Crippen LogP contribution in [0.4, 0.5) is 10.5 Å². The number of thioether (sulfide) groups is 1. The number of carbonyl (C=O) groups is 3. The van der Waals surface area contributed by atoms with Gasteiger partial charge < -0.3 is 9.47 Å². The van der Waals surface area contributed by atoms with Crippen LogP contribution in [0.5, 0.6) is 11.5 Å². The number of carbonyl (C=O) groups excluding carboxylic acids is 3. The van der Waals surface area contributed by atoms with E-state index in [2.05, 4.69) is 0 Å². The van der Waals surface area contributed by atoms with Gasteiger partial charge in [0.2, 0.25) is 0 Å². The molecule has 0 saturated carbocycles. The maximum atomic E-state index is 12.8. The summed E-state index contributed by atoms with van der Waals surface area (Å²) >= 11 is 0.829. The highest BCUT2D eigenvalue weighted by molar-refractivity contribution is 8.18. The van der Waals surface area contributed by atoms with E-state index in [9.17, 15) is 24.5 Å². The first-order chi connectivity index (χ1) is 17.7. The Morgan fingerprint density at radius 2 is 1.81 bits per heavy atom. The molecule has 1 aliphatic rings. The fraction of sp³-hybridized carbons (Fsp3) is 0.148. The second kappa shape index (κ2) is 11.1. The number of imide groups is 1. The molecule has 0 radical (unpaired) electrons. The number of benzene rings is 3. The number of nitro benzene ring substituents is 1. The Balaban J connectivity index is 1.39. The molecule has 3 aromatic rings. The summed E-state index contributed by atoms with van der Waals surface area (Å²) < 4.78 is 11.1. The molecule has 37 heavy (non-hydrogen) atoms. The van der Waals surface area contributed by atoms with Gasteiger partial charge in [0.1, 0.15) is 18.1 Å². The largest absolute Gasteiger partial charge is 0.491 e. The smallest absolute Gasteiger partial charge is 0.343 e. The predicted octanol–water partition coefficient (Wildman–Crippen LogP) is 5.55. The first-order valence-corrected chi connectivity index (χ1v) is 12.0. The Labute approximate surface area is 216 Å². The average molecular weight is 519 g/mol. The molecule has 0 aromatic heterocycles. The quantitative estimate of drug-likeness (QED) is 0.125. The maximum Gasteiger partial charge on any atom is 0.343 e. The number of nitrogens with zero attached hydrogens (tertiary/aromatic N) is 2. The van der Waals surface area contributed by atoms with Crippen LogP contribution in [0, 0.1) is 24.0 Å². The van der Waals surface area contributed by atoms with Gasteiger partial charge in [0.05, 0.1) is 21.9 Å². The van der Waals surface area contributed by atoms with Crippen LogP contribution in [0.1, 0.15) is 27.0 Å². The van der Waals surface area contributed by atoms with Crippen molar-refractivity contribution >= 4 is 40.6 Å². The first kappa shape index (κ1) is 25.6. The highest BCUT2D eigenvalue weighted by Crippen LogP contribution is 2.32. The number of nitro groups is 1. The molecule has 1 aliphatic heterocycles. The standard InChI is InChI=1S/C27H22N2O7S/c1-17-6-7-18(2)23(14-17)35-13-12-28-25(30)24(37-27(28)32)16-19-4-3-5-22(15-19)36-26(31)20-8-10-21(11-9-20)29(33)34/h3-11,14-16H,12-13H2,1-2H3/b24-16-. The molecule has 2 amide bonds. The van der Waals surface area contributed by atoms with E-state index < -0.39 is 16.8 Å². The van der Waals surface area contributed by atoms with Crippen molar-refractivity contribution in [1.82, 2.24) is 4.90 Å². The van der Waals surface area contributed by atoms with Gasteiger partial charge in [-0.3, -0.25) is 24.6 Å². The van der Waals surface area contributed by atoms with Gasteiger partial charge >= 0.3 is 5.97 Å². The third-order valence-electron chi connectivity index (χ3n) is 5.47. The monoisotopic (exact) mass is 518 g/mol. The van der Waals surface area contributed by atoms with Crippen molar-refractivity contribution in [2.45, 2.75) is 13.8 Å². The van der Waals surface area contributed by atoms with Gasteiger partial charge in [0.15, 0.2) is 0 Å². The van der Waals surface area contributed by atoms with Crippen LogP contribution in [0.2, 0.25) is 0 Å². The zero-order valence-electron chi connectivity index (χ0n) is 20.0. The summed E-state index contributed by atoms with van der Waals surface area (Å²) in [5.41, 5.74) is 2.60. The summed E-state index contributed by atoms with van der Waals surface area (Å²) in [6.45, 7) is 4.17. The lowest BCUT2D eigenvalue weighted by Crippen LogP contribution is -2.32. The predicted molar refractivity (Wildman–Crippen MR) is 139 cm³/mol. The molecule has 0 atom stereocenters. The molecule has 0 unspecified atom stereocenters. The minimum Gasteiger partial charge on any atom is -0.491 e. The molecule has 0 aliphatic carbocycles. The molecule has 0 bridgehead atoms. The molecule has 3 aromatic carbocycles. The molecule has 9 nitrogen and oxygen atoms in total. The van der Waals surface area contributed by atoms with Crippen LogP contribution >= 0.6 is 11.8 Å². The molecule has 0 N–H and O–H groups in total. The fourth-order valence-electron chi connectivity index (χ4n) is 3.51. The van der Waals surface area contributed by atoms with Crippen molar-refractivity contribution in [2.24, 2.45) is 0 Å². The van der Waals surface area contributed by atoms with Crippen LogP contribution in [0.15, 0.2) is 71.6 Å². The van der Waals surface area contributed by atoms with E-state index in [1.54, 1.807) is 30.3 Å². The van der Waals surface area contributed by atoms with Gasteiger partial charge in [-0.15, -0.1) is 0 Å². The van der Waals surface area contributed by atoms with Crippen LogP contribution < -0.4 is 9.47 Å². The summed E-state index contributed by atoms with van der Waals surface area (Å²) in [4.78, 5) is 49.3. The first-order valence-electron chi connectivity index (χ1n) is 11.2. The lowest BCUT2D eigenvalue weighted by Gasteiger charge is -2.14. The van der Waals surface area contributed by atoms with Crippen molar-refractivity contribution in [3.63, 3.8) is 0 Å². The number of amides is 2. The summed E-state index contributed by atoms with van der Waals surface area (Å²) in [7, 11) is 0. The van der Waals surface area contributed by atoms with Crippen molar-refractivity contribution in [3.8, 4) is 11.5 Å². The molecule has 10 heteroatoms. The Bertz CT molecular complexity index is 1420. The van der Waals surface area contributed by atoms with Gasteiger partial charge in [0.25, 0.3) is 16.8 Å². The summed E-state index contributed by atoms with van der Waals surface area (Å²) in [5, 5.41) is 10.4. The van der Waals surface area contributed by atoms with Crippen LogP contribution in [-0.4, -0.2) is 40.1 Å². The van der Waals surface area contributed by atoms with E-state index in [0.717, 1.165) is 27.8 Å². The molecular formula is C27H22N2O7S. The number of rotatable bonds is 8. The number of esters is 1. The van der Waals surface area contributed by atoms with Crippen molar-refractivity contribution in [1.29, 1.82) is 0 Å². The molecule has 1 saturated heterocycles. The number of ether oxygens (including phenoxy) is 2. The van der Waals surface area contributed by atoms with Gasteiger partial charge in [-0.05, 0) is 78.7 Å². The maximum absolute atomic E-state index is 12.8. The van der Waals surface area contributed by atoms with Crippen LogP contribution in [0.3, 0.4) is 0 Å². The van der Waals surface area contributed by atoms with E-state index in [4.69, 9.17) is 9.47 Å². The minimum absolute atomic E-state index is 0.113. The van der Waals surface area contributed by atoms with E-state index >= 15 is 0 Å². The van der Waals surface area contributed by atoms with Gasteiger partial charge in [0, 0.05) is 12.1 Å². The minimum atomic E-state index is -0.684. The normalized spacial score (nSPS) is 14.2. The van der Waals surface area contributed by atoms with Gasteiger partial charge in [-0.1, -0.05) is 24.3 Å². The lowest BCUT2D eigenvalue weighted by molar-refractivity contribution is -0.384. The Kier molecular flexibility index (Phi) is 7.69. The van der Waals surface area contributed by atoms with Crippen LogP contribution in [-0.2, 0) is 4.79 Å². The van der Waals surface area contributed by atoms with E-state index in [0.29, 0.717) is 11.3 Å². The lowest BCUT2D eigenvalue weighted by atomic mass is 10.1. The Morgan fingerprint density at radius 3 is 2.54 bits per heavy atom. The van der Waals surface area contributed by atoms with Crippen LogP contribution in [0.25, 0.3) is 6.08 Å². The number of aryl methyl sites for hydroxylation is 2. The molecular weight excluding hydrogens is 496 g/mol. The molecule has 0 spiro atoms. The number of hydrogen-bond acceptors (Lipinski definition) is 8. The Hall–Kier alpha value is -4.44. The van der Waals surface area contributed by atoms with E-state index in [1.807, 2.05) is 32.0 Å². The van der Waals surface area contributed by atoms with Crippen molar-refractivity contribution < 1.29 is 28.8 Å².